The third-order valence-electron chi connectivity index (χ3n) is 4.59. The van der Waals surface area contributed by atoms with Crippen LogP contribution in [0.5, 0.6) is 0 Å². The van der Waals surface area contributed by atoms with Crippen molar-refractivity contribution < 1.29 is 4.79 Å². The lowest BCUT2D eigenvalue weighted by Crippen LogP contribution is -2.26. The SMILES string of the molecule is CN(Cc1ccc(Cl)cc1)C(=O)c1cc(-c2ccccc2)nc2ccncc12. The molecule has 0 N–H and O–H groups in total. The van der Waals surface area contributed by atoms with Gasteiger partial charge in [0.15, 0.2) is 0 Å². The Morgan fingerprint density at radius 2 is 1.79 bits per heavy atom. The standard InChI is InChI=1S/C23H18ClN3O/c1-27(15-16-7-9-18(24)10-8-16)23(28)19-13-22(17-5-3-2-4-6-17)26-21-11-12-25-14-20(19)21/h2-14H,15H2,1H3. The van der Waals surface area contributed by atoms with Gasteiger partial charge in [-0.2, -0.15) is 0 Å². The van der Waals surface area contributed by atoms with E-state index in [1.165, 1.54) is 0 Å². The summed E-state index contributed by atoms with van der Waals surface area (Å²) in [5, 5.41) is 1.42. The molecule has 0 bridgehead atoms. The molecule has 5 heteroatoms. The Hall–Kier alpha value is -3.24. The highest BCUT2D eigenvalue weighted by Crippen LogP contribution is 2.25. The summed E-state index contributed by atoms with van der Waals surface area (Å²) in [4.78, 5) is 23.9. The van der Waals surface area contributed by atoms with Crippen molar-refractivity contribution in [2.75, 3.05) is 7.05 Å². The van der Waals surface area contributed by atoms with Crippen LogP contribution >= 0.6 is 11.6 Å². The van der Waals surface area contributed by atoms with Crippen molar-refractivity contribution in [1.82, 2.24) is 14.9 Å². The average molecular weight is 388 g/mol. The number of carbonyl (C=O) groups is 1. The average Bonchev–Trinajstić information content (AvgIpc) is 2.74. The van der Waals surface area contributed by atoms with Crippen LogP contribution in [0.15, 0.2) is 79.1 Å². The van der Waals surface area contributed by atoms with Gasteiger partial charge >= 0.3 is 0 Å². The lowest BCUT2D eigenvalue weighted by molar-refractivity contribution is 0.0787. The first-order valence-electron chi connectivity index (χ1n) is 8.92. The van der Waals surface area contributed by atoms with Crippen LogP contribution in [0.1, 0.15) is 15.9 Å². The van der Waals surface area contributed by atoms with Crippen LogP contribution in [0, 0.1) is 0 Å². The minimum Gasteiger partial charge on any atom is -0.337 e. The molecule has 28 heavy (non-hydrogen) atoms. The van der Waals surface area contributed by atoms with Gasteiger partial charge in [0.1, 0.15) is 0 Å². The summed E-state index contributed by atoms with van der Waals surface area (Å²) in [5.41, 5.74) is 4.09. The van der Waals surface area contributed by atoms with Gasteiger partial charge in [-0.05, 0) is 29.8 Å². The van der Waals surface area contributed by atoms with E-state index in [-0.39, 0.29) is 5.91 Å². The maximum atomic E-state index is 13.3. The topological polar surface area (TPSA) is 46.1 Å². The molecule has 2 aromatic heterocycles. The van der Waals surface area contributed by atoms with Crippen LogP contribution in [0.2, 0.25) is 5.02 Å². The van der Waals surface area contributed by atoms with E-state index in [1.54, 1.807) is 24.3 Å². The second kappa shape index (κ2) is 7.79. The number of hydrogen-bond acceptors (Lipinski definition) is 3. The molecule has 0 atom stereocenters. The maximum absolute atomic E-state index is 13.3. The molecule has 0 unspecified atom stereocenters. The minimum absolute atomic E-state index is 0.0764. The zero-order valence-electron chi connectivity index (χ0n) is 15.3. The van der Waals surface area contributed by atoms with E-state index < -0.39 is 0 Å². The highest BCUT2D eigenvalue weighted by Gasteiger charge is 2.18. The van der Waals surface area contributed by atoms with Crippen molar-refractivity contribution in [1.29, 1.82) is 0 Å². The Morgan fingerprint density at radius 3 is 2.54 bits per heavy atom. The molecule has 0 aliphatic carbocycles. The second-order valence-electron chi connectivity index (χ2n) is 6.60. The number of fused-ring (bicyclic) bond motifs is 1. The molecule has 4 aromatic rings. The predicted octanol–water partition coefficient (Wildman–Crippen LogP) is 5.22. The molecular weight excluding hydrogens is 370 g/mol. The Balaban J connectivity index is 1.73. The van der Waals surface area contributed by atoms with Crippen molar-refractivity contribution in [2.24, 2.45) is 0 Å². The number of aromatic nitrogens is 2. The summed E-state index contributed by atoms with van der Waals surface area (Å²) < 4.78 is 0. The Morgan fingerprint density at radius 1 is 1.04 bits per heavy atom. The van der Waals surface area contributed by atoms with Crippen molar-refractivity contribution in [2.45, 2.75) is 6.54 Å². The highest BCUT2D eigenvalue weighted by molar-refractivity contribution is 6.30. The summed E-state index contributed by atoms with van der Waals surface area (Å²) in [6.07, 6.45) is 3.39. The first-order valence-corrected chi connectivity index (χ1v) is 9.30. The first-order chi connectivity index (χ1) is 13.6. The summed E-state index contributed by atoms with van der Waals surface area (Å²) in [6, 6.07) is 21.0. The zero-order chi connectivity index (χ0) is 19.5. The Labute approximate surface area is 168 Å². The van der Waals surface area contributed by atoms with E-state index in [9.17, 15) is 4.79 Å². The number of halogens is 1. The van der Waals surface area contributed by atoms with Gasteiger partial charge in [0.25, 0.3) is 5.91 Å². The minimum atomic E-state index is -0.0764. The largest absolute Gasteiger partial charge is 0.337 e. The summed E-state index contributed by atoms with van der Waals surface area (Å²) in [7, 11) is 1.79. The van der Waals surface area contributed by atoms with Gasteiger partial charge in [-0.25, -0.2) is 4.98 Å². The fraction of sp³-hybridized carbons (Fsp3) is 0.0870. The Bertz CT molecular complexity index is 1130. The van der Waals surface area contributed by atoms with Crippen LogP contribution in [-0.2, 0) is 6.54 Å². The summed E-state index contributed by atoms with van der Waals surface area (Å²) in [6.45, 7) is 0.487. The number of amides is 1. The molecule has 0 spiro atoms. The number of benzene rings is 2. The van der Waals surface area contributed by atoms with Gasteiger partial charge in [0.2, 0.25) is 0 Å². The van der Waals surface area contributed by atoms with Gasteiger partial charge in [0.05, 0.1) is 16.8 Å². The first kappa shape index (κ1) is 18.1. The third kappa shape index (κ3) is 3.73. The van der Waals surface area contributed by atoms with E-state index in [2.05, 4.69) is 4.98 Å². The van der Waals surface area contributed by atoms with E-state index >= 15 is 0 Å². The maximum Gasteiger partial charge on any atom is 0.254 e. The molecule has 4 rings (SSSR count). The fourth-order valence-electron chi connectivity index (χ4n) is 3.14. The van der Waals surface area contributed by atoms with Crippen LogP contribution in [0.4, 0.5) is 0 Å². The fourth-order valence-corrected chi connectivity index (χ4v) is 3.27. The molecule has 2 heterocycles. The summed E-state index contributed by atoms with van der Waals surface area (Å²) >= 11 is 5.95. The van der Waals surface area contributed by atoms with Crippen LogP contribution in [-0.4, -0.2) is 27.8 Å². The number of rotatable bonds is 4. The molecule has 0 radical (unpaired) electrons. The van der Waals surface area contributed by atoms with Gasteiger partial charge < -0.3 is 4.90 Å². The molecule has 4 nitrogen and oxygen atoms in total. The van der Waals surface area contributed by atoms with Crippen LogP contribution < -0.4 is 0 Å². The van der Waals surface area contributed by atoms with Gasteiger partial charge in [-0.1, -0.05) is 54.1 Å². The molecule has 138 valence electrons. The molecule has 0 fully saturated rings. The Kier molecular flexibility index (Phi) is 5.04. The van der Waals surface area contributed by atoms with Crippen molar-refractivity contribution >= 4 is 28.4 Å². The monoisotopic (exact) mass is 387 g/mol. The van der Waals surface area contributed by atoms with Crippen LogP contribution in [0.25, 0.3) is 22.2 Å². The quantitative estimate of drug-likeness (QED) is 0.482. The molecule has 2 aromatic carbocycles. The zero-order valence-corrected chi connectivity index (χ0v) is 16.1. The molecule has 0 aliphatic heterocycles. The smallest absolute Gasteiger partial charge is 0.254 e. The van der Waals surface area contributed by atoms with E-state index in [0.29, 0.717) is 17.1 Å². The normalized spacial score (nSPS) is 10.8. The van der Waals surface area contributed by atoms with E-state index in [4.69, 9.17) is 16.6 Å². The third-order valence-corrected chi connectivity index (χ3v) is 4.84. The molecular formula is C23H18ClN3O. The summed E-state index contributed by atoms with van der Waals surface area (Å²) in [5.74, 6) is -0.0764. The predicted molar refractivity (Wildman–Crippen MR) is 112 cm³/mol. The van der Waals surface area contributed by atoms with E-state index in [1.807, 2.05) is 66.7 Å². The molecule has 0 saturated carbocycles. The lowest BCUT2D eigenvalue weighted by Gasteiger charge is -2.19. The van der Waals surface area contributed by atoms with Crippen molar-refractivity contribution in [3.63, 3.8) is 0 Å². The van der Waals surface area contributed by atoms with Crippen molar-refractivity contribution in [3.8, 4) is 11.3 Å². The molecule has 0 aliphatic rings. The molecule has 0 saturated heterocycles. The number of nitrogens with zero attached hydrogens (tertiary/aromatic N) is 3. The number of pyridine rings is 2. The van der Waals surface area contributed by atoms with Crippen LogP contribution in [0.3, 0.4) is 0 Å². The van der Waals surface area contributed by atoms with Gasteiger partial charge in [0, 0.05) is 42.0 Å². The highest BCUT2D eigenvalue weighted by atomic mass is 35.5. The van der Waals surface area contributed by atoms with E-state index in [0.717, 1.165) is 27.7 Å². The molecule has 1 amide bonds. The lowest BCUT2D eigenvalue weighted by atomic mass is 10.0. The number of carbonyl (C=O) groups excluding carboxylic acids is 1. The van der Waals surface area contributed by atoms with Gasteiger partial charge in [-0.15, -0.1) is 0 Å². The van der Waals surface area contributed by atoms with Gasteiger partial charge in [-0.3, -0.25) is 9.78 Å². The second-order valence-corrected chi connectivity index (χ2v) is 7.04. The van der Waals surface area contributed by atoms with Crippen molar-refractivity contribution in [3.05, 3.63) is 95.3 Å². The number of hydrogen-bond donors (Lipinski definition) is 0.